The highest BCUT2D eigenvalue weighted by molar-refractivity contribution is 5.94. The van der Waals surface area contributed by atoms with Gasteiger partial charge in [-0.2, -0.15) is 5.10 Å². The van der Waals surface area contributed by atoms with Crippen molar-refractivity contribution in [2.45, 2.75) is 110 Å². The summed E-state index contributed by atoms with van der Waals surface area (Å²) in [6.45, 7) is 7.07. The molecule has 1 aromatic carbocycles. The van der Waals surface area contributed by atoms with Gasteiger partial charge in [0, 0.05) is 25.6 Å². The Labute approximate surface area is 251 Å². The van der Waals surface area contributed by atoms with Crippen molar-refractivity contribution in [3.05, 3.63) is 30.0 Å². The standard InChI is InChI=1S/C33H52N4O5/c1-6-23(7-2)22-37-28(32-29(41-4)15-12-16-30(32)42-5)20-27(36-37)33(40)35-25(18-17-24-13-10-9-11-14-24)19-31(39)34-21-26(38)8-3/h12,15-16,20,23-26,38H,6-11,13-14,17-19,21-22H2,1-5H3,(H,34,39)(H,35,40). The molecule has 2 aromatic rings. The van der Waals surface area contributed by atoms with Crippen LogP contribution in [-0.4, -0.2) is 59.6 Å². The number of aliphatic hydroxyl groups is 1. The maximum absolute atomic E-state index is 13.7. The molecule has 42 heavy (non-hydrogen) atoms. The zero-order chi connectivity index (χ0) is 30.5. The molecular weight excluding hydrogens is 532 g/mol. The van der Waals surface area contributed by atoms with Crippen molar-refractivity contribution in [2.24, 2.45) is 11.8 Å². The number of ether oxygens (including phenoxy) is 2. The van der Waals surface area contributed by atoms with E-state index >= 15 is 0 Å². The highest BCUT2D eigenvalue weighted by atomic mass is 16.5. The quantitative estimate of drug-likeness (QED) is 0.219. The van der Waals surface area contributed by atoms with Gasteiger partial charge in [-0.15, -0.1) is 0 Å². The predicted molar refractivity (Wildman–Crippen MR) is 166 cm³/mol. The Balaban J connectivity index is 1.87. The fourth-order valence-electron chi connectivity index (χ4n) is 5.83. The number of rotatable bonds is 17. The normalized spacial score (nSPS) is 15.3. The highest BCUT2D eigenvalue weighted by Crippen LogP contribution is 2.39. The van der Waals surface area contributed by atoms with Crippen LogP contribution in [0.2, 0.25) is 0 Å². The zero-order valence-electron chi connectivity index (χ0n) is 26.3. The number of methoxy groups -OCH3 is 2. The summed E-state index contributed by atoms with van der Waals surface area (Å²) in [5, 5.41) is 20.6. The number of amides is 2. The molecule has 0 aliphatic heterocycles. The van der Waals surface area contributed by atoms with Crippen LogP contribution in [0.15, 0.2) is 24.3 Å². The van der Waals surface area contributed by atoms with Crippen molar-refractivity contribution in [1.82, 2.24) is 20.4 Å². The number of nitrogens with zero attached hydrogens (tertiary/aromatic N) is 2. The molecule has 2 unspecified atom stereocenters. The van der Waals surface area contributed by atoms with Crippen LogP contribution in [-0.2, 0) is 11.3 Å². The first-order valence-corrected chi connectivity index (χ1v) is 15.9. The summed E-state index contributed by atoms with van der Waals surface area (Å²) in [4.78, 5) is 26.5. The van der Waals surface area contributed by atoms with Gasteiger partial charge in [-0.05, 0) is 49.3 Å². The van der Waals surface area contributed by atoms with Gasteiger partial charge in [-0.25, -0.2) is 0 Å². The van der Waals surface area contributed by atoms with Crippen LogP contribution in [0.25, 0.3) is 11.3 Å². The van der Waals surface area contributed by atoms with Crippen molar-refractivity contribution in [3.8, 4) is 22.8 Å². The Kier molecular flexibility index (Phi) is 13.6. The molecular formula is C33H52N4O5. The Morgan fingerprint density at radius 1 is 1.05 bits per heavy atom. The van der Waals surface area contributed by atoms with Gasteiger partial charge in [-0.1, -0.05) is 71.8 Å². The van der Waals surface area contributed by atoms with Crippen molar-refractivity contribution in [3.63, 3.8) is 0 Å². The molecule has 1 saturated carbocycles. The van der Waals surface area contributed by atoms with E-state index in [1.807, 2.05) is 29.8 Å². The second-order valence-electron chi connectivity index (χ2n) is 11.6. The van der Waals surface area contributed by atoms with E-state index in [0.29, 0.717) is 42.0 Å². The molecule has 1 fully saturated rings. The SMILES string of the molecule is CCC(O)CNC(=O)CC(CCC1CCCCC1)NC(=O)c1cc(-c2c(OC)cccc2OC)n(CC(CC)CC)n1. The third-order valence-electron chi connectivity index (χ3n) is 8.70. The number of benzene rings is 1. The molecule has 1 aliphatic rings. The van der Waals surface area contributed by atoms with Gasteiger partial charge >= 0.3 is 0 Å². The highest BCUT2D eigenvalue weighted by Gasteiger charge is 2.25. The molecule has 1 heterocycles. The number of aliphatic hydroxyl groups excluding tert-OH is 1. The summed E-state index contributed by atoms with van der Waals surface area (Å²) in [5.74, 6) is 1.84. The summed E-state index contributed by atoms with van der Waals surface area (Å²) in [6.07, 6.45) is 10.0. The molecule has 3 rings (SSSR count). The molecule has 2 atom stereocenters. The lowest BCUT2D eigenvalue weighted by molar-refractivity contribution is -0.122. The van der Waals surface area contributed by atoms with Gasteiger partial charge in [0.25, 0.3) is 5.91 Å². The minimum atomic E-state index is -0.575. The Morgan fingerprint density at radius 3 is 2.31 bits per heavy atom. The number of hydrogen-bond donors (Lipinski definition) is 3. The molecule has 3 N–H and O–H groups in total. The maximum atomic E-state index is 13.7. The third-order valence-corrected chi connectivity index (χ3v) is 8.70. The van der Waals surface area contributed by atoms with E-state index in [2.05, 4.69) is 24.5 Å². The topological polar surface area (TPSA) is 115 Å². The molecule has 2 amide bonds. The fourth-order valence-corrected chi connectivity index (χ4v) is 5.83. The van der Waals surface area contributed by atoms with Crippen molar-refractivity contribution >= 4 is 11.8 Å². The van der Waals surface area contributed by atoms with E-state index in [1.165, 1.54) is 32.1 Å². The second-order valence-corrected chi connectivity index (χ2v) is 11.6. The first-order chi connectivity index (χ1) is 20.3. The average Bonchev–Trinajstić information content (AvgIpc) is 3.44. The smallest absolute Gasteiger partial charge is 0.272 e. The minimum Gasteiger partial charge on any atom is -0.496 e. The number of hydrogen-bond acceptors (Lipinski definition) is 6. The van der Waals surface area contributed by atoms with Crippen LogP contribution in [0.3, 0.4) is 0 Å². The number of carbonyl (C=O) groups is 2. The second kappa shape index (κ2) is 17.1. The van der Waals surface area contributed by atoms with Gasteiger partial charge in [0.1, 0.15) is 11.5 Å². The molecule has 0 bridgehead atoms. The van der Waals surface area contributed by atoms with Crippen LogP contribution < -0.4 is 20.1 Å². The van der Waals surface area contributed by atoms with E-state index in [4.69, 9.17) is 14.6 Å². The van der Waals surface area contributed by atoms with Crippen LogP contribution in [0.4, 0.5) is 0 Å². The van der Waals surface area contributed by atoms with Crippen molar-refractivity contribution in [1.29, 1.82) is 0 Å². The molecule has 0 spiro atoms. The Hall–Kier alpha value is -3.07. The predicted octanol–water partition coefficient (Wildman–Crippen LogP) is 5.74. The lowest BCUT2D eigenvalue weighted by atomic mass is 9.85. The largest absolute Gasteiger partial charge is 0.496 e. The molecule has 1 aromatic heterocycles. The van der Waals surface area contributed by atoms with Crippen molar-refractivity contribution in [2.75, 3.05) is 20.8 Å². The van der Waals surface area contributed by atoms with Gasteiger partial charge in [0.05, 0.1) is 31.6 Å². The molecule has 0 saturated heterocycles. The van der Waals surface area contributed by atoms with Crippen molar-refractivity contribution < 1.29 is 24.2 Å². The van der Waals surface area contributed by atoms with E-state index in [9.17, 15) is 14.7 Å². The molecule has 234 valence electrons. The summed E-state index contributed by atoms with van der Waals surface area (Å²) in [7, 11) is 3.24. The first kappa shape index (κ1) is 33.4. The zero-order valence-corrected chi connectivity index (χ0v) is 26.3. The molecule has 9 nitrogen and oxygen atoms in total. The summed E-state index contributed by atoms with van der Waals surface area (Å²) in [5.41, 5.74) is 1.81. The fraction of sp³-hybridized carbons (Fsp3) is 0.667. The Bertz CT molecular complexity index is 1100. The van der Waals surface area contributed by atoms with E-state index < -0.39 is 6.10 Å². The van der Waals surface area contributed by atoms with E-state index in [-0.39, 0.29) is 30.8 Å². The van der Waals surface area contributed by atoms with Crippen LogP contribution in [0, 0.1) is 11.8 Å². The van der Waals surface area contributed by atoms with Gasteiger partial charge in [0.2, 0.25) is 5.91 Å². The molecule has 9 heteroatoms. The van der Waals surface area contributed by atoms with Gasteiger partial charge < -0.3 is 25.2 Å². The third kappa shape index (κ3) is 9.48. The minimum absolute atomic E-state index is 0.163. The van der Waals surface area contributed by atoms with Crippen LogP contribution >= 0.6 is 0 Å². The molecule has 0 radical (unpaired) electrons. The van der Waals surface area contributed by atoms with Gasteiger partial charge in [-0.3, -0.25) is 14.3 Å². The Morgan fingerprint density at radius 2 is 1.71 bits per heavy atom. The number of nitrogens with one attached hydrogen (secondary N) is 2. The lowest BCUT2D eigenvalue weighted by Crippen LogP contribution is -2.41. The first-order valence-electron chi connectivity index (χ1n) is 15.9. The summed E-state index contributed by atoms with van der Waals surface area (Å²) < 4.78 is 13.3. The van der Waals surface area contributed by atoms with Crippen LogP contribution in [0.1, 0.15) is 102 Å². The lowest BCUT2D eigenvalue weighted by Gasteiger charge is -2.24. The maximum Gasteiger partial charge on any atom is 0.272 e. The van der Waals surface area contributed by atoms with Gasteiger partial charge in [0.15, 0.2) is 5.69 Å². The summed E-state index contributed by atoms with van der Waals surface area (Å²) >= 11 is 0. The number of carbonyl (C=O) groups excluding carboxylic acids is 2. The number of aromatic nitrogens is 2. The average molecular weight is 585 g/mol. The molecule has 1 aliphatic carbocycles. The van der Waals surface area contributed by atoms with E-state index in [0.717, 1.165) is 36.9 Å². The van der Waals surface area contributed by atoms with Crippen LogP contribution in [0.5, 0.6) is 11.5 Å². The summed E-state index contributed by atoms with van der Waals surface area (Å²) in [6, 6.07) is 7.10. The monoisotopic (exact) mass is 584 g/mol. The van der Waals surface area contributed by atoms with E-state index in [1.54, 1.807) is 20.3 Å².